The molecule has 1 aliphatic rings. The summed E-state index contributed by atoms with van der Waals surface area (Å²) < 4.78 is 0. The molecule has 0 aromatic rings. The normalized spacial score (nSPS) is 18.6. The molecular formula is C5H7NO. The van der Waals surface area contributed by atoms with Gasteiger partial charge in [0.15, 0.2) is 0 Å². The van der Waals surface area contributed by atoms with Crippen molar-refractivity contribution in [3.8, 4) is 0 Å². The molecule has 0 aliphatic heterocycles. The minimum atomic E-state index is -0.453. The monoisotopic (exact) mass is 97.1 g/mol. The Kier molecular flexibility index (Phi) is 0.929. The minimum absolute atomic E-state index is 0.453. The van der Waals surface area contributed by atoms with Gasteiger partial charge in [-0.15, -0.1) is 0 Å². The van der Waals surface area contributed by atoms with Crippen molar-refractivity contribution in [1.82, 2.24) is 0 Å². The summed E-state index contributed by atoms with van der Waals surface area (Å²) in [6.45, 7) is 0. The van der Waals surface area contributed by atoms with Gasteiger partial charge < -0.3 is 5.73 Å². The molecule has 0 spiro atoms. The molecule has 0 unspecified atom stereocenters. The van der Waals surface area contributed by atoms with Crippen LogP contribution in [0.25, 0.3) is 5.73 Å². The Hall–Kier alpha value is -0.660. The third kappa shape index (κ3) is 0.683. The topological polar surface area (TPSA) is 40.9 Å². The number of carbonyl (C=O) groups is 1. The van der Waals surface area contributed by atoms with Gasteiger partial charge in [-0.25, -0.2) is 0 Å². The predicted octanol–water partition coefficient (Wildman–Crippen LogP) is 1.32. The lowest BCUT2D eigenvalue weighted by Gasteiger charge is -2.12. The van der Waals surface area contributed by atoms with E-state index in [9.17, 15) is 4.79 Å². The van der Waals surface area contributed by atoms with Crippen molar-refractivity contribution < 1.29 is 4.79 Å². The lowest BCUT2D eigenvalue weighted by atomic mass is 9.85. The average Bonchev–Trinajstić information content (AvgIpc) is 1.23. The van der Waals surface area contributed by atoms with Crippen molar-refractivity contribution in [1.29, 1.82) is 0 Å². The van der Waals surface area contributed by atoms with Gasteiger partial charge in [0.25, 0.3) is 0 Å². The number of hydrogen-bond acceptors (Lipinski definition) is 1. The van der Waals surface area contributed by atoms with Gasteiger partial charge in [0.05, 0.1) is 0 Å². The molecule has 2 nitrogen and oxygen atoms in total. The van der Waals surface area contributed by atoms with E-state index in [2.05, 4.69) is 0 Å². The zero-order valence-corrected chi connectivity index (χ0v) is 4.03. The molecule has 1 aliphatic carbocycles. The third-order valence-electron chi connectivity index (χ3n) is 1.28. The van der Waals surface area contributed by atoms with E-state index >= 15 is 0 Å². The first-order chi connectivity index (χ1) is 3.30. The number of hydrogen-bond donors (Lipinski definition) is 0. The van der Waals surface area contributed by atoms with Gasteiger partial charge in [-0.05, 0) is 0 Å². The highest BCUT2D eigenvalue weighted by molar-refractivity contribution is 5.97. The van der Waals surface area contributed by atoms with E-state index in [1.54, 1.807) is 0 Å². The predicted molar refractivity (Wildman–Crippen MR) is 26.4 cm³/mol. The van der Waals surface area contributed by atoms with Gasteiger partial charge in [0, 0.05) is 6.42 Å². The third-order valence-corrected chi connectivity index (χ3v) is 1.28. The molecule has 0 aromatic heterocycles. The van der Waals surface area contributed by atoms with Crippen LogP contribution >= 0.6 is 0 Å². The lowest BCUT2D eigenvalue weighted by molar-refractivity contribution is -0.114. The van der Waals surface area contributed by atoms with Crippen LogP contribution in [0.5, 0.6) is 0 Å². The summed E-state index contributed by atoms with van der Waals surface area (Å²) >= 11 is 0. The van der Waals surface area contributed by atoms with E-state index in [4.69, 9.17) is 5.73 Å². The molecule has 1 amide bonds. The molecule has 0 atom stereocenters. The van der Waals surface area contributed by atoms with Crippen LogP contribution in [-0.4, -0.2) is 5.91 Å². The quantitative estimate of drug-likeness (QED) is 0.455. The van der Waals surface area contributed by atoms with Crippen LogP contribution in [0.1, 0.15) is 19.3 Å². The smallest absolute Gasteiger partial charge is 0.238 e. The van der Waals surface area contributed by atoms with Crippen LogP contribution in [0.2, 0.25) is 0 Å². The maximum atomic E-state index is 10.1. The summed E-state index contributed by atoms with van der Waals surface area (Å²) in [5, 5.41) is 0. The second-order valence-corrected chi connectivity index (χ2v) is 1.79. The lowest BCUT2D eigenvalue weighted by Crippen LogP contribution is -2.15. The molecule has 1 N–H and O–H groups in total. The zero-order valence-electron chi connectivity index (χ0n) is 4.03. The highest BCUT2D eigenvalue weighted by atomic mass is 16.1. The largest absolute Gasteiger partial charge is 0.624 e. The van der Waals surface area contributed by atoms with E-state index in [1.807, 2.05) is 0 Å². The fraction of sp³-hybridized carbons (Fsp3) is 0.600. The fourth-order valence-corrected chi connectivity index (χ4v) is 0.581. The van der Waals surface area contributed by atoms with Crippen molar-refractivity contribution in [2.75, 3.05) is 0 Å². The second kappa shape index (κ2) is 1.45. The summed E-state index contributed by atoms with van der Waals surface area (Å²) in [6.07, 6.45) is 2.87. The van der Waals surface area contributed by atoms with Crippen molar-refractivity contribution in [3.63, 3.8) is 0 Å². The summed E-state index contributed by atoms with van der Waals surface area (Å²) in [7, 11) is 0. The van der Waals surface area contributed by atoms with E-state index < -0.39 is 5.91 Å². The Labute approximate surface area is 42.7 Å². The first-order valence-electron chi connectivity index (χ1n) is 2.41. The molecule has 1 rings (SSSR count). The molecule has 0 saturated heterocycles. The molecule has 1 saturated carbocycles. The summed E-state index contributed by atoms with van der Waals surface area (Å²) in [5.74, 6) is 0.353. The van der Waals surface area contributed by atoms with Crippen LogP contribution in [0, 0.1) is 5.92 Å². The number of amides is 1. The Morgan fingerprint density at radius 3 is 2.14 bits per heavy atom. The Bertz CT molecular complexity index is 86.1. The van der Waals surface area contributed by atoms with Gasteiger partial charge in [0.2, 0.25) is 5.91 Å². The van der Waals surface area contributed by atoms with Crippen molar-refractivity contribution >= 4 is 5.91 Å². The van der Waals surface area contributed by atoms with Crippen LogP contribution in [0.15, 0.2) is 0 Å². The first-order valence-corrected chi connectivity index (χ1v) is 2.41. The van der Waals surface area contributed by atoms with Crippen LogP contribution in [-0.2, 0) is 4.79 Å². The van der Waals surface area contributed by atoms with Gasteiger partial charge in [-0.1, -0.05) is 0 Å². The average molecular weight is 97.1 g/mol. The Balaban J connectivity index is 2.27. The molecular weight excluding hydrogens is 90.1 g/mol. The molecule has 2 heteroatoms. The van der Waals surface area contributed by atoms with E-state index in [0.717, 1.165) is 25.2 Å². The van der Waals surface area contributed by atoms with Gasteiger partial charge >= 0.3 is 0 Å². The summed E-state index contributed by atoms with van der Waals surface area (Å²) in [5.41, 5.74) is 6.56. The van der Waals surface area contributed by atoms with Gasteiger partial charge in [0.1, 0.15) is 18.8 Å². The van der Waals surface area contributed by atoms with Crippen molar-refractivity contribution in [3.05, 3.63) is 11.7 Å². The van der Waals surface area contributed by atoms with E-state index in [1.165, 1.54) is 0 Å². The molecule has 0 bridgehead atoms. The fourth-order valence-electron chi connectivity index (χ4n) is 0.581. The minimum Gasteiger partial charge on any atom is -0.624 e. The molecule has 0 radical (unpaired) electrons. The van der Waals surface area contributed by atoms with Gasteiger partial charge in [-0.2, -0.15) is 0 Å². The highest BCUT2D eigenvalue weighted by Gasteiger charge is 2.31. The Morgan fingerprint density at radius 2 is 2.14 bits per heavy atom. The van der Waals surface area contributed by atoms with Crippen LogP contribution in [0.3, 0.4) is 0 Å². The standard InChI is InChI=1S/C5H7NO/c6-5(7)4-2-1-3-4/h1-3H2,(H-,6,7). The number of nitrogens with one attached hydrogen (secondary N) is 1. The van der Waals surface area contributed by atoms with Crippen molar-refractivity contribution in [2.24, 2.45) is 0 Å². The summed E-state index contributed by atoms with van der Waals surface area (Å²) in [6, 6.07) is 0. The molecule has 38 valence electrons. The second-order valence-electron chi connectivity index (χ2n) is 1.79. The summed E-state index contributed by atoms with van der Waals surface area (Å²) in [4.78, 5) is 10.1. The maximum absolute atomic E-state index is 10.1. The molecule has 0 heterocycles. The Morgan fingerprint density at radius 1 is 1.57 bits per heavy atom. The molecule has 7 heavy (non-hydrogen) atoms. The SMILES string of the molecule is [NH-]C(=O)[C+]1CCC1. The first kappa shape index (κ1) is 4.50. The van der Waals surface area contributed by atoms with Gasteiger partial charge in [-0.3, -0.25) is 4.79 Å². The van der Waals surface area contributed by atoms with E-state index in [-0.39, 0.29) is 0 Å². The van der Waals surface area contributed by atoms with Crippen LogP contribution in [0.4, 0.5) is 0 Å². The number of carbonyl (C=O) groups excluding carboxylic acids is 1. The number of rotatable bonds is 1. The molecule has 0 aromatic carbocycles. The zero-order chi connectivity index (χ0) is 5.28. The van der Waals surface area contributed by atoms with Crippen molar-refractivity contribution in [2.45, 2.75) is 19.3 Å². The van der Waals surface area contributed by atoms with Crippen LogP contribution < -0.4 is 0 Å². The van der Waals surface area contributed by atoms with E-state index in [0.29, 0.717) is 0 Å². The molecule has 1 fully saturated rings. The maximum Gasteiger partial charge on any atom is 0.238 e. The highest BCUT2D eigenvalue weighted by Crippen LogP contribution is 2.29.